The maximum absolute atomic E-state index is 9.27. The molecule has 1 aromatic carbocycles. The van der Waals surface area contributed by atoms with E-state index in [1.165, 1.54) is 42.4 Å². The lowest BCUT2D eigenvalue weighted by molar-refractivity contribution is 0.155. The van der Waals surface area contributed by atoms with Gasteiger partial charge in [0.1, 0.15) is 12.4 Å². The Hall–Kier alpha value is -2.73. The van der Waals surface area contributed by atoms with Crippen LogP contribution in [0.5, 0.6) is 6.01 Å². The number of rotatable bonds is 6. The fourth-order valence-corrected chi connectivity index (χ4v) is 6.73. The Morgan fingerprint density at radius 1 is 1.11 bits per heavy atom. The maximum atomic E-state index is 9.27. The molecule has 1 aliphatic carbocycles. The molecule has 196 valence electrons. The molecule has 0 spiro atoms. The van der Waals surface area contributed by atoms with Crippen LogP contribution in [0.25, 0.3) is 0 Å². The summed E-state index contributed by atoms with van der Waals surface area (Å²) in [6.07, 6.45) is 7.47. The van der Waals surface area contributed by atoms with E-state index >= 15 is 0 Å². The van der Waals surface area contributed by atoms with Crippen LogP contribution in [-0.2, 0) is 19.4 Å². The molecule has 0 amide bonds. The number of nitrogens with one attached hydrogen (secondary N) is 1. The lowest BCUT2D eigenvalue weighted by atomic mass is 9.86. The Kier molecular flexibility index (Phi) is 7.27. The van der Waals surface area contributed by atoms with E-state index in [4.69, 9.17) is 14.7 Å². The Balaban J connectivity index is 1.28. The van der Waals surface area contributed by atoms with E-state index in [2.05, 4.69) is 57.4 Å². The third-order valence-electron chi connectivity index (χ3n) is 8.80. The predicted octanol–water partition coefficient (Wildman–Crippen LogP) is 3.08. The average molecular weight is 502 g/mol. The van der Waals surface area contributed by atoms with Gasteiger partial charge in [-0.05, 0) is 63.2 Å². The van der Waals surface area contributed by atoms with Crippen LogP contribution < -0.4 is 15.0 Å². The number of anilines is 1. The molecular weight excluding hydrogens is 462 g/mol. The zero-order valence-corrected chi connectivity index (χ0v) is 22.0. The molecule has 1 aromatic heterocycles. The van der Waals surface area contributed by atoms with E-state index in [1.807, 2.05) is 0 Å². The minimum absolute atomic E-state index is 0.166. The van der Waals surface area contributed by atoms with E-state index in [-0.39, 0.29) is 6.04 Å². The second-order valence-corrected chi connectivity index (χ2v) is 11.1. The number of nitrogens with zero attached hydrogens (tertiary/aromatic N) is 6. The van der Waals surface area contributed by atoms with Crippen LogP contribution in [0.2, 0.25) is 0 Å². The summed E-state index contributed by atoms with van der Waals surface area (Å²) in [4.78, 5) is 17.4. The number of aryl methyl sites for hydroxylation is 1. The van der Waals surface area contributed by atoms with Crippen molar-refractivity contribution in [2.24, 2.45) is 0 Å². The van der Waals surface area contributed by atoms with E-state index < -0.39 is 0 Å². The van der Waals surface area contributed by atoms with Crippen molar-refractivity contribution in [2.75, 3.05) is 51.3 Å². The van der Waals surface area contributed by atoms with Gasteiger partial charge in [-0.3, -0.25) is 4.90 Å². The lowest BCUT2D eigenvalue weighted by Crippen LogP contribution is -2.51. The molecule has 0 saturated carbocycles. The molecule has 4 heterocycles. The second-order valence-electron chi connectivity index (χ2n) is 11.1. The van der Waals surface area contributed by atoms with Crippen molar-refractivity contribution in [3.63, 3.8) is 0 Å². The number of fused-ring (bicyclic) bond motifs is 2. The third-order valence-corrected chi connectivity index (χ3v) is 8.80. The number of benzene rings is 1. The van der Waals surface area contributed by atoms with E-state index in [1.54, 1.807) is 0 Å². The summed E-state index contributed by atoms with van der Waals surface area (Å²) in [6.45, 7) is 6.15. The predicted molar refractivity (Wildman–Crippen MR) is 144 cm³/mol. The Morgan fingerprint density at radius 2 is 2.03 bits per heavy atom. The maximum Gasteiger partial charge on any atom is 0.318 e. The topological polar surface area (TPSA) is 80.5 Å². The van der Waals surface area contributed by atoms with Gasteiger partial charge in [0.2, 0.25) is 0 Å². The van der Waals surface area contributed by atoms with Crippen LogP contribution in [0.3, 0.4) is 0 Å². The van der Waals surface area contributed by atoms with Gasteiger partial charge in [-0.1, -0.05) is 24.3 Å². The highest BCUT2D eigenvalue weighted by Gasteiger charge is 2.33. The Morgan fingerprint density at radius 3 is 2.89 bits per heavy atom. The van der Waals surface area contributed by atoms with Gasteiger partial charge in [0.15, 0.2) is 0 Å². The van der Waals surface area contributed by atoms with E-state index in [0.717, 1.165) is 63.6 Å². The summed E-state index contributed by atoms with van der Waals surface area (Å²) in [5.74, 6) is 1.02. The van der Waals surface area contributed by atoms with Gasteiger partial charge in [-0.2, -0.15) is 15.2 Å². The quantitative estimate of drug-likeness (QED) is 0.647. The highest BCUT2D eigenvalue weighted by atomic mass is 16.5. The van der Waals surface area contributed by atoms with Gasteiger partial charge in [0, 0.05) is 56.4 Å². The first kappa shape index (κ1) is 24.6. The van der Waals surface area contributed by atoms with Gasteiger partial charge in [-0.25, -0.2) is 0 Å². The average Bonchev–Trinajstić information content (AvgIpc) is 3.35. The van der Waals surface area contributed by atoms with Crippen molar-refractivity contribution < 1.29 is 4.74 Å². The normalized spacial score (nSPS) is 26.4. The fraction of sp³-hybridized carbons (Fsp3) is 0.621. The molecule has 6 rings (SSSR count). The van der Waals surface area contributed by atoms with Crippen molar-refractivity contribution in [3.05, 3.63) is 46.6 Å². The number of piperazine rings is 1. The van der Waals surface area contributed by atoms with Gasteiger partial charge in [0.05, 0.1) is 18.2 Å². The second kappa shape index (κ2) is 10.9. The minimum atomic E-state index is 0.166. The standard InChI is InChI=1S/C29H39N7O/c1-34-15-5-8-23(34)20-37-29-32-26-19-35(27-10-4-7-21-6-2-3-9-24(21)27)16-12-25(26)28(33-29)36-17-14-31-22(18-36)11-13-30/h2-3,6,9,22-23,27,31H,4-5,7-8,10-12,14-20H2,1H3/t22-,23-,27?/m0/s1. The summed E-state index contributed by atoms with van der Waals surface area (Å²) in [5, 5.41) is 12.8. The van der Waals surface area contributed by atoms with Crippen molar-refractivity contribution in [1.29, 1.82) is 5.26 Å². The van der Waals surface area contributed by atoms with Crippen molar-refractivity contribution >= 4 is 5.82 Å². The molecule has 3 atom stereocenters. The molecule has 0 radical (unpaired) electrons. The SMILES string of the molecule is CN1CCC[C@H]1COc1nc2c(c(N3CCN[C@@H](CC#N)C3)n1)CCN(C1CCCc3ccccc31)C2. The Labute approximate surface area is 220 Å². The van der Waals surface area contributed by atoms with E-state index in [0.29, 0.717) is 31.1 Å². The molecule has 2 fully saturated rings. The smallest absolute Gasteiger partial charge is 0.318 e. The van der Waals surface area contributed by atoms with Gasteiger partial charge in [0.25, 0.3) is 0 Å². The first-order valence-corrected chi connectivity index (χ1v) is 14.1. The zero-order valence-electron chi connectivity index (χ0n) is 22.0. The molecule has 0 bridgehead atoms. The van der Waals surface area contributed by atoms with Crippen LogP contribution in [0.1, 0.15) is 60.5 Å². The first-order chi connectivity index (χ1) is 18.2. The molecule has 2 saturated heterocycles. The zero-order chi connectivity index (χ0) is 25.2. The number of hydrogen-bond donors (Lipinski definition) is 1. The summed E-state index contributed by atoms with van der Waals surface area (Å²) in [5.41, 5.74) is 5.38. The van der Waals surface area contributed by atoms with Crippen molar-refractivity contribution in [2.45, 2.75) is 69.6 Å². The summed E-state index contributed by atoms with van der Waals surface area (Å²) < 4.78 is 6.29. The van der Waals surface area contributed by atoms with E-state index in [9.17, 15) is 5.26 Å². The van der Waals surface area contributed by atoms with Crippen LogP contribution in [0.15, 0.2) is 24.3 Å². The number of likely N-dealkylation sites (tertiary alicyclic amines) is 1. The van der Waals surface area contributed by atoms with Crippen LogP contribution >= 0.6 is 0 Å². The molecule has 2 aromatic rings. The number of ether oxygens (including phenoxy) is 1. The molecule has 8 heteroatoms. The summed E-state index contributed by atoms with van der Waals surface area (Å²) in [7, 11) is 2.18. The minimum Gasteiger partial charge on any atom is -0.462 e. The molecule has 4 aliphatic rings. The molecular formula is C29H39N7O. The molecule has 8 nitrogen and oxygen atoms in total. The van der Waals surface area contributed by atoms with Crippen LogP contribution in [0, 0.1) is 11.3 Å². The lowest BCUT2D eigenvalue weighted by Gasteiger charge is -2.40. The number of aromatic nitrogens is 2. The number of hydrogen-bond acceptors (Lipinski definition) is 8. The third kappa shape index (κ3) is 5.18. The van der Waals surface area contributed by atoms with Gasteiger partial charge >= 0.3 is 6.01 Å². The number of nitriles is 1. The van der Waals surface area contributed by atoms with Crippen LogP contribution in [-0.4, -0.2) is 78.2 Å². The molecule has 1 unspecified atom stereocenters. The fourth-order valence-electron chi connectivity index (χ4n) is 6.73. The van der Waals surface area contributed by atoms with Crippen molar-refractivity contribution in [3.8, 4) is 12.1 Å². The van der Waals surface area contributed by atoms with Gasteiger partial charge in [-0.15, -0.1) is 0 Å². The van der Waals surface area contributed by atoms with Crippen LogP contribution in [0.4, 0.5) is 5.82 Å². The molecule has 1 N–H and O–H groups in total. The highest BCUT2D eigenvalue weighted by molar-refractivity contribution is 5.52. The summed E-state index contributed by atoms with van der Waals surface area (Å²) in [6, 6.07) is 12.9. The molecule has 37 heavy (non-hydrogen) atoms. The monoisotopic (exact) mass is 501 g/mol. The number of likely N-dealkylation sites (N-methyl/N-ethyl adjacent to an activating group) is 1. The highest BCUT2D eigenvalue weighted by Crippen LogP contribution is 2.38. The van der Waals surface area contributed by atoms with Gasteiger partial charge < -0.3 is 19.9 Å². The molecule has 3 aliphatic heterocycles. The van der Waals surface area contributed by atoms with Crippen molar-refractivity contribution in [1.82, 2.24) is 25.1 Å². The largest absolute Gasteiger partial charge is 0.462 e. The first-order valence-electron chi connectivity index (χ1n) is 14.1. The summed E-state index contributed by atoms with van der Waals surface area (Å²) >= 11 is 0. The Bertz CT molecular complexity index is 1150.